The number of alkyl halides is 3. The van der Waals surface area contributed by atoms with Gasteiger partial charge in [0.15, 0.2) is 0 Å². The van der Waals surface area contributed by atoms with Crippen molar-refractivity contribution in [1.82, 2.24) is 5.32 Å². The van der Waals surface area contributed by atoms with E-state index in [0.717, 1.165) is 5.56 Å². The van der Waals surface area contributed by atoms with Crippen molar-refractivity contribution in [3.05, 3.63) is 107 Å². The van der Waals surface area contributed by atoms with Gasteiger partial charge in [0.1, 0.15) is 23.6 Å². The lowest BCUT2D eigenvalue weighted by atomic mass is 10.0. The monoisotopic (exact) mass is 553 g/mol. The van der Waals surface area contributed by atoms with E-state index in [1.165, 1.54) is 6.26 Å². The van der Waals surface area contributed by atoms with Crippen LogP contribution in [0.5, 0.6) is 5.75 Å². The molecule has 1 aliphatic heterocycles. The van der Waals surface area contributed by atoms with Crippen molar-refractivity contribution < 1.29 is 31.5 Å². The molecule has 3 aromatic carbocycles. The topological polar surface area (TPSA) is 103 Å². The van der Waals surface area contributed by atoms with Gasteiger partial charge in [0.2, 0.25) is 5.88 Å². The maximum absolute atomic E-state index is 13.9. The van der Waals surface area contributed by atoms with Crippen LogP contribution >= 0.6 is 0 Å². The third kappa shape index (κ3) is 5.41. The van der Waals surface area contributed by atoms with E-state index < -0.39 is 35.4 Å². The summed E-state index contributed by atoms with van der Waals surface area (Å²) in [6.45, 7) is 0.0240. The average molecular weight is 554 g/mol. The van der Waals surface area contributed by atoms with Gasteiger partial charge >= 0.3 is 12.2 Å². The molecule has 0 fully saturated rings. The van der Waals surface area contributed by atoms with Gasteiger partial charge in [-0.15, -0.1) is 0 Å². The van der Waals surface area contributed by atoms with Crippen molar-refractivity contribution in [3.8, 4) is 5.75 Å². The molecule has 2 amide bonds. The maximum atomic E-state index is 13.9. The summed E-state index contributed by atoms with van der Waals surface area (Å²) >= 11 is 0. The number of amidine groups is 1. The van der Waals surface area contributed by atoms with Gasteiger partial charge in [-0.3, -0.25) is 5.41 Å². The molecule has 206 valence electrons. The number of carbonyl (C=O) groups excluding carboxylic acids is 1. The Hall–Kier alpha value is -5.00. The molecule has 40 heavy (non-hydrogen) atoms. The Morgan fingerprint density at radius 1 is 1.07 bits per heavy atom. The minimum absolute atomic E-state index is 0.0240. The number of furan rings is 1. The van der Waals surface area contributed by atoms with Crippen molar-refractivity contribution in [1.29, 1.82) is 5.41 Å². The van der Waals surface area contributed by atoms with E-state index in [0.29, 0.717) is 46.6 Å². The fourth-order valence-electron chi connectivity index (χ4n) is 4.27. The predicted octanol–water partition coefficient (Wildman–Crippen LogP) is 6.72. The molecular formula is C28H23F4N5O3. The van der Waals surface area contributed by atoms with Crippen LogP contribution in [0.3, 0.4) is 0 Å². The Balaban J connectivity index is 1.30. The van der Waals surface area contributed by atoms with Crippen LogP contribution in [0.15, 0.2) is 83.5 Å². The number of hydrogen-bond donors (Lipinski definition) is 4. The number of ether oxygens (including phenoxy) is 1. The van der Waals surface area contributed by atoms with Gasteiger partial charge < -0.3 is 30.0 Å². The Labute approximate surface area is 226 Å². The molecule has 0 aliphatic carbocycles. The van der Waals surface area contributed by atoms with E-state index in [-0.39, 0.29) is 12.4 Å². The van der Waals surface area contributed by atoms with E-state index in [1.54, 1.807) is 42.3 Å². The van der Waals surface area contributed by atoms with Gasteiger partial charge in [-0.1, -0.05) is 24.3 Å². The number of rotatable bonds is 6. The molecule has 4 aromatic rings. The third-order valence-corrected chi connectivity index (χ3v) is 6.33. The van der Waals surface area contributed by atoms with Gasteiger partial charge in [0, 0.05) is 12.2 Å². The number of nitrogens with zero attached hydrogens (tertiary/aromatic N) is 1. The molecule has 2 heterocycles. The molecule has 0 saturated carbocycles. The summed E-state index contributed by atoms with van der Waals surface area (Å²) < 4.78 is 63.5. The molecule has 4 N–H and O–H groups in total. The lowest BCUT2D eigenvalue weighted by Crippen LogP contribution is -2.42. The second kappa shape index (κ2) is 10.6. The highest BCUT2D eigenvalue weighted by molar-refractivity contribution is 6.13. The Bertz CT molecular complexity index is 1540. The van der Waals surface area contributed by atoms with Crippen LogP contribution in [0.1, 0.15) is 28.4 Å². The number of benzene rings is 3. The SMILES string of the molecule is COc1ccc(C2Nc3occc3C(=N)N2c2ccc(CNC(=O)Nc3cc(C(F)(F)F)ccc3F)cc2)cc1. The number of methoxy groups -OCH3 is 1. The lowest BCUT2D eigenvalue weighted by Gasteiger charge is -2.38. The van der Waals surface area contributed by atoms with Crippen LogP contribution in [-0.4, -0.2) is 19.0 Å². The zero-order valence-corrected chi connectivity index (χ0v) is 21.0. The van der Waals surface area contributed by atoms with Crippen molar-refractivity contribution in [2.45, 2.75) is 18.9 Å². The molecule has 1 atom stereocenters. The third-order valence-electron chi connectivity index (χ3n) is 6.33. The van der Waals surface area contributed by atoms with Gasteiger partial charge in [-0.2, -0.15) is 13.2 Å². The van der Waals surface area contributed by atoms with Gasteiger partial charge in [-0.25, -0.2) is 9.18 Å². The number of nitrogens with one attached hydrogen (secondary N) is 4. The van der Waals surface area contributed by atoms with E-state index in [2.05, 4.69) is 16.0 Å². The molecule has 8 nitrogen and oxygen atoms in total. The summed E-state index contributed by atoms with van der Waals surface area (Å²) in [6, 6.07) is 17.1. The molecular weight excluding hydrogens is 530 g/mol. The number of urea groups is 1. The molecule has 1 aliphatic rings. The summed E-state index contributed by atoms with van der Waals surface area (Å²) in [5, 5.41) is 16.8. The maximum Gasteiger partial charge on any atom is 0.416 e. The molecule has 0 spiro atoms. The first kappa shape index (κ1) is 26.6. The summed E-state index contributed by atoms with van der Waals surface area (Å²) in [5.41, 5.74) is 1.15. The number of fused-ring (bicyclic) bond motifs is 1. The summed E-state index contributed by atoms with van der Waals surface area (Å²) in [4.78, 5) is 14.1. The Morgan fingerprint density at radius 3 is 2.48 bits per heavy atom. The fourth-order valence-corrected chi connectivity index (χ4v) is 4.27. The van der Waals surface area contributed by atoms with Crippen LogP contribution in [0.25, 0.3) is 0 Å². The minimum Gasteiger partial charge on any atom is -0.497 e. The van der Waals surface area contributed by atoms with Crippen LogP contribution < -0.4 is 25.6 Å². The largest absolute Gasteiger partial charge is 0.497 e. The zero-order chi connectivity index (χ0) is 28.4. The quantitative estimate of drug-likeness (QED) is 0.199. The molecule has 0 radical (unpaired) electrons. The number of carbonyl (C=O) groups is 1. The van der Waals surface area contributed by atoms with Crippen molar-refractivity contribution in [2.75, 3.05) is 22.6 Å². The highest BCUT2D eigenvalue weighted by atomic mass is 19.4. The highest BCUT2D eigenvalue weighted by Crippen LogP contribution is 2.37. The van der Waals surface area contributed by atoms with E-state index >= 15 is 0 Å². The van der Waals surface area contributed by atoms with Gasteiger partial charge in [0.05, 0.1) is 30.2 Å². The van der Waals surface area contributed by atoms with Crippen molar-refractivity contribution in [2.24, 2.45) is 0 Å². The zero-order valence-electron chi connectivity index (χ0n) is 21.0. The van der Waals surface area contributed by atoms with E-state index in [9.17, 15) is 22.4 Å². The number of amides is 2. The van der Waals surface area contributed by atoms with Crippen molar-refractivity contribution >= 4 is 29.1 Å². The van der Waals surface area contributed by atoms with E-state index in [1.807, 2.05) is 24.3 Å². The second-order valence-electron chi connectivity index (χ2n) is 8.87. The molecule has 12 heteroatoms. The van der Waals surface area contributed by atoms with Crippen molar-refractivity contribution in [3.63, 3.8) is 0 Å². The van der Waals surface area contributed by atoms with E-state index in [4.69, 9.17) is 14.6 Å². The first-order valence-corrected chi connectivity index (χ1v) is 12.0. The smallest absolute Gasteiger partial charge is 0.416 e. The van der Waals surface area contributed by atoms with Gasteiger partial charge in [-0.05, 0) is 59.7 Å². The molecule has 0 saturated heterocycles. The van der Waals surface area contributed by atoms with Crippen LogP contribution in [0.4, 0.5) is 39.6 Å². The summed E-state index contributed by atoms with van der Waals surface area (Å²) in [7, 11) is 1.58. The lowest BCUT2D eigenvalue weighted by molar-refractivity contribution is -0.137. The second-order valence-corrected chi connectivity index (χ2v) is 8.87. The van der Waals surface area contributed by atoms with Gasteiger partial charge in [0.25, 0.3) is 0 Å². The van der Waals surface area contributed by atoms with Crippen LogP contribution in [-0.2, 0) is 12.7 Å². The van der Waals surface area contributed by atoms with Crippen LogP contribution in [0.2, 0.25) is 0 Å². The molecule has 0 bridgehead atoms. The highest BCUT2D eigenvalue weighted by Gasteiger charge is 2.34. The number of anilines is 3. The number of hydrogen-bond acceptors (Lipinski definition) is 5. The molecule has 5 rings (SSSR count). The molecule has 1 unspecified atom stereocenters. The Morgan fingerprint density at radius 2 is 1.80 bits per heavy atom. The standard InChI is InChI=1S/C28H23F4N5O3/c1-39-20-9-4-17(5-10-20)25-36-26-21(12-13-40-26)24(33)37(25)19-7-2-16(3-8-19)15-34-27(38)35-23-14-18(28(30,31)32)6-11-22(23)29/h2-14,25,33,36H,15H2,1H3,(H2,34,35,38). The molecule has 1 aromatic heterocycles. The first-order valence-electron chi connectivity index (χ1n) is 12.0. The minimum atomic E-state index is -4.67. The summed E-state index contributed by atoms with van der Waals surface area (Å²) in [5.74, 6) is 0.400. The first-order chi connectivity index (χ1) is 19.1. The Kier molecular flexibility index (Phi) is 7.07. The normalized spacial score (nSPS) is 14.8. The number of halogens is 4. The predicted molar refractivity (Wildman–Crippen MR) is 141 cm³/mol. The van der Waals surface area contributed by atoms with Crippen LogP contribution in [0, 0.1) is 11.2 Å². The average Bonchev–Trinajstić information content (AvgIpc) is 3.42. The summed E-state index contributed by atoms with van der Waals surface area (Å²) in [6.07, 6.45) is -3.63. The fraction of sp³-hybridized carbons (Fsp3) is 0.143.